The van der Waals surface area contributed by atoms with Gasteiger partial charge in [-0.3, -0.25) is 4.90 Å². The average Bonchev–Trinajstić information content (AvgIpc) is 2.46. The van der Waals surface area contributed by atoms with Crippen molar-refractivity contribution in [2.45, 2.75) is 59.4 Å². The van der Waals surface area contributed by atoms with Crippen molar-refractivity contribution in [2.24, 2.45) is 5.92 Å². The Labute approximate surface area is 125 Å². The van der Waals surface area contributed by atoms with Gasteiger partial charge in [0.15, 0.2) is 0 Å². The number of nitrogens with zero attached hydrogens (tertiary/aromatic N) is 1. The topological polar surface area (TPSA) is 29.3 Å². The van der Waals surface area contributed by atoms with Crippen molar-refractivity contribution in [1.29, 1.82) is 0 Å². The molecule has 0 saturated carbocycles. The minimum Gasteiger partial charge on any atom is -0.398 e. The Balaban J connectivity index is 2.61. The van der Waals surface area contributed by atoms with E-state index in [0.29, 0.717) is 0 Å². The van der Waals surface area contributed by atoms with Crippen molar-refractivity contribution in [3.05, 3.63) is 29.8 Å². The zero-order chi connectivity index (χ0) is 14.8. The van der Waals surface area contributed by atoms with Gasteiger partial charge in [-0.1, -0.05) is 58.2 Å². The lowest BCUT2D eigenvalue weighted by Crippen LogP contribution is -2.30. The molecule has 0 fully saturated rings. The van der Waals surface area contributed by atoms with Gasteiger partial charge in [-0.15, -0.1) is 0 Å². The summed E-state index contributed by atoms with van der Waals surface area (Å²) in [5, 5.41) is 0. The second kappa shape index (κ2) is 9.82. The van der Waals surface area contributed by atoms with Crippen molar-refractivity contribution in [1.82, 2.24) is 4.90 Å². The van der Waals surface area contributed by atoms with Gasteiger partial charge in [0, 0.05) is 18.8 Å². The van der Waals surface area contributed by atoms with Crippen molar-refractivity contribution >= 4 is 5.69 Å². The molecule has 0 heterocycles. The molecule has 20 heavy (non-hydrogen) atoms. The third kappa shape index (κ3) is 5.96. The van der Waals surface area contributed by atoms with Gasteiger partial charge in [-0.05, 0) is 36.9 Å². The maximum atomic E-state index is 6.08. The van der Waals surface area contributed by atoms with Crippen LogP contribution < -0.4 is 5.73 Å². The highest BCUT2D eigenvalue weighted by Crippen LogP contribution is 2.18. The number of benzene rings is 1. The molecule has 2 N–H and O–H groups in total. The molecule has 0 aliphatic carbocycles. The fourth-order valence-corrected chi connectivity index (χ4v) is 2.75. The van der Waals surface area contributed by atoms with Crippen LogP contribution >= 0.6 is 0 Å². The van der Waals surface area contributed by atoms with Crippen LogP contribution in [0.4, 0.5) is 5.69 Å². The predicted octanol–water partition coefficient (Wildman–Crippen LogP) is 4.70. The van der Waals surface area contributed by atoms with Gasteiger partial charge in [-0.25, -0.2) is 0 Å². The number of rotatable bonds is 10. The summed E-state index contributed by atoms with van der Waals surface area (Å²) in [5.41, 5.74) is 8.28. The smallest absolute Gasteiger partial charge is 0.0359 e. The first-order valence-electron chi connectivity index (χ1n) is 8.26. The van der Waals surface area contributed by atoms with Crippen molar-refractivity contribution < 1.29 is 0 Å². The Morgan fingerprint density at radius 2 is 1.85 bits per heavy atom. The first kappa shape index (κ1) is 17.0. The van der Waals surface area contributed by atoms with Gasteiger partial charge < -0.3 is 5.73 Å². The number of nitrogen functional groups attached to an aromatic ring is 1. The van der Waals surface area contributed by atoms with E-state index in [1.165, 1.54) is 44.2 Å². The molecule has 0 radical (unpaired) electrons. The lowest BCUT2D eigenvalue weighted by Gasteiger charge is -2.27. The van der Waals surface area contributed by atoms with Gasteiger partial charge in [-0.2, -0.15) is 0 Å². The number of nitrogens with two attached hydrogens (primary N) is 1. The molecule has 1 aromatic carbocycles. The lowest BCUT2D eigenvalue weighted by molar-refractivity contribution is 0.211. The number of para-hydroxylation sites is 1. The molecular weight excluding hydrogens is 244 g/mol. The minimum atomic E-state index is 0.825. The standard InChI is InChI=1S/C18H32N2/c1-4-7-10-16(6-3)14-20(13-5-2)15-17-11-8-9-12-18(17)19/h8-9,11-12,16H,4-7,10,13-15,19H2,1-3H3. The Morgan fingerprint density at radius 1 is 1.10 bits per heavy atom. The number of anilines is 1. The Bertz CT molecular complexity index is 362. The van der Waals surface area contributed by atoms with E-state index in [1.807, 2.05) is 12.1 Å². The van der Waals surface area contributed by atoms with E-state index >= 15 is 0 Å². The van der Waals surface area contributed by atoms with Crippen LogP contribution in [0.15, 0.2) is 24.3 Å². The largest absolute Gasteiger partial charge is 0.398 e. The first-order chi connectivity index (χ1) is 9.71. The van der Waals surface area contributed by atoms with Crippen molar-refractivity contribution in [3.63, 3.8) is 0 Å². The summed E-state index contributed by atoms with van der Waals surface area (Å²) < 4.78 is 0. The fraction of sp³-hybridized carbons (Fsp3) is 0.667. The van der Waals surface area contributed by atoms with Gasteiger partial charge >= 0.3 is 0 Å². The van der Waals surface area contributed by atoms with Crippen LogP contribution in [0.1, 0.15) is 58.4 Å². The fourth-order valence-electron chi connectivity index (χ4n) is 2.75. The van der Waals surface area contributed by atoms with Gasteiger partial charge in [0.25, 0.3) is 0 Å². The van der Waals surface area contributed by atoms with Crippen LogP contribution in [-0.4, -0.2) is 18.0 Å². The molecule has 0 aliphatic rings. The molecule has 2 heteroatoms. The molecule has 1 aromatic rings. The molecule has 114 valence electrons. The van der Waals surface area contributed by atoms with Crippen molar-refractivity contribution in [2.75, 3.05) is 18.8 Å². The molecule has 0 spiro atoms. The number of hydrogen-bond donors (Lipinski definition) is 1. The van der Waals surface area contributed by atoms with E-state index in [9.17, 15) is 0 Å². The summed E-state index contributed by atoms with van der Waals surface area (Å²) in [4.78, 5) is 2.58. The summed E-state index contributed by atoms with van der Waals surface area (Å²) in [7, 11) is 0. The number of unbranched alkanes of at least 4 members (excludes halogenated alkanes) is 1. The second-order valence-corrected chi connectivity index (χ2v) is 5.85. The van der Waals surface area contributed by atoms with Gasteiger partial charge in [0.1, 0.15) is 0 Å². The van der Waals surface area contributed by atoms with Crippen LogP contribution in [-0.2, 0) is 6.54 Å². The second-order valence-electron chi connectivity index (χ2n) is 5.85. The van der Waals surface area contributed by atoms with E-state index in [0.717, 1.165) is 24.7 Å². The molecule has 1 unspecified atom stereocenters. The molecular formula is C18H32N2. The quantitative estimate of drug-likeness (QED) is 0.628. The molecule has 0 bridgehead atoms. The lowest BCUT2D eigenvalue weighted by atomic mass is 9.98. The molecule has 0 amide bonds. The zero-order valence-corrected chi connectivity index (χ0v) is 13.6. The summed E-state index contributed by atoms with van der Waals surface area (Å²) in [5.74, 6) is 0.825. The van der Waals surface area contributed by atoms with E-state index < -0.39 is 0 Å². The molecule has 1 atom stereocenters. The van der Waals surface area contributed by atoms with Crippen LogP contribution in [0.2, 0.25) is 0 Å². The van der Waals surface area contributed by atoms with Crippen LogP contribution in [0.3, 0.4) is 0 Å². The zero-order valence-electron chi connectivity index (χ0n) is 13.6. The highest BCUT2D eigenvalue weighted by molar-refractivity contribution is 5.46. The summed E-state index contributed by atoms with van der Waals surface area (Å²) in [6.07, 6.45) is 6.50. The van der Waals surface area contributed by atoms with E-state index in [2.05, 4.69) is 37.8 Å². The maximum Gasteiger partial charge on any atom is 0.0359 e. The summed E-state index contributed by atoms with van der Waals surface area (Å²) in [6.45, 7) is 10.2. The summed E-state index contributed by atoms with van der Waals surface area (Å²) >= 11 is 0. The molecule has 0 saturated heterocycles. The third-order valence-electron chi connectivity index (χ3n) is 4.05. The van der Waals surface area contributed by atoms with E-state index in [1.54, 1.807) is 0 Å². The van der Waals surface area contributed by atoms with E-state index in [4.69, 9.17) is 5.73 Å². The monoisotopic (exact) mass is 276 g/mol. The van der Waals surface area contributed by atoms with Gasteiger partial charge in [0.05, 0.1) is 0 Å². The van der Waals surface area contributed by atoms with Crippen LogP contribution in [0.5, 0.6) is 0 Å². The van der Waals surface area contributed by atoms with Gasteiger partial charge in [0.2, 0.25) is 0 Å². The Hall–Kier alpha value is -1.02. The normalized spacial score (nSPS) is 12.8. The Kier molecular flexibility index (Phi) is 8.36. The molecule has 2 nitrogen and oxygen atoms in total. The van der Waals surface area contributed by atoms with Crippen LogP contribution in [0.25, 0.3) is 0 Å². The first-order valence-corrected chi connectivity index (χ1v) is 8.26. The average molecular weight is 276 g/mol. The molecule has 1 rings (SSSR count). The highest BCUT2D eigenvalue weighted by Gasteiger charge is 2.13. The highest BCUT2D eigenvalue weighted by atomic mass is 15.1. The van der Waals surface area contributed by atoms with Crippen molar-refractivity contribution in [3.8, 4) is 0 Å². The van der Waals surface area contributed by atoms with Crippen LogP contribution in [0, 0.1) is 5.92 Å². The maximum absolute atomic E-state index is 6.08. The predicted molar refractivity (Wildman–Crippen MR) is 89.7 cm³/mol. The third-order valence-corrected chi connectivity index (χ3v) is 4.05. The molecule has 0 aromatic heterocycles. The SMILES string of the molecule is CCCCC(CC)CN(CCC)Cc1ccccc1N. The number of hydrogen-bond acceptors (Lipinski definition) is 2. The molecule has 0 aliphatic heterocycles. The summed E-state index contributed by atoms with van der Waals surface area (Å²) in [6, 6.07) is 8.27. The minimum absolute atomic E-state index is 0.825. The van der Waals surface area contributed by atoms with E-state index in [-0.39, 0.29) is 0 Å². The Morgan fingerprint density at radius 3 is 2.45 bits per heavy atom.